The van der Waals surface area contributed by atoms with E-state index in [9.17, 15) is 13.6 Å². The molecule has 0 spiro atoms. The van der Waals surface area contributed by atoms with Crippen LogP contribution in [0.4, 0.5) is 14.5 Å². The van der Waals surface area contributed by atoms with E-state index in [4.69, 9.17) is 4.42 Å². The van der Waals surface area contributed by atoms with Gasteiger partial charge in [-0.1, -0.05) is 72.4 Å². The number of anilines is 1. The average molecular weight is 422 g/mol. The van der Waals surface area contributed by atoms with Crippen molar-refractivity contribution in [3.63, 3.8) is 0 Å². The van der Waals surface area contributed by atoms with Crippen LogP contribution in [-0.2, 0) is 4.79 Å². The highest BCUT2D eigenvalue weighted by Gasteiger charge is 2.18. The molecule has 150 valence electrons. The van der Waals surface area contributed by atoms with Crippen LogP contribution < -0.4 is 5.32 Å². The van der Waals surface area contributed by atoms with Gasteiger partial charge in [-0.05, 0) is 12.1 Å². The third-order valence-corrected chi connectivity index (χ3v) is 5.05. The van der Waals surface area contributed by atoms with Crippen molar-refractivity contribution in [2.45, 2.75) is 5.22 Å². The van der Waals surface area contributed by atoms with Crippen molar-refractivity contribution in [1.82, 2.24) is 4.98 Å². The number of halogens is 2. The van der Waals surface area contributed by atoms with Crippen LogP contribution in [0.25, 0.3) is 22.6 Å². The number of carbonyl (C=O) groups is 1. The quantitative estimate of drug-likeness (QED) is 0.386. The van der Waals surface area contributed by atoms with Crippen LogP contribution >= 0.6 is 11.8 Å². The van der Waals surface area contributed by atoms with Gasteiger partial charge in [0.2, 0.25) is 5.91 Å². The highest BCUT2D eigenvalue weighted by Crippen LogP contribution is 2.35. The number of hydrogen-bond donors (Lipinski definition) is 1. The molecule has 0 aliphatic rings. The molecule has 0 saturated heterocycles. The predicted octanol–water partition coefficient (Wildman–Crippen LogP) is 6.02. The van der Waals surface area contributed by atoms with Crippen LogP contribution in [0.2, 0.25) is 0 Å². The van der Waals surface area contributed by atoms with Gasteiger partial charge in [0.25, 0.3) is 5.22 Å². The van der Waals surface area contributed by atoms with Crippen molar-refractivity contribution in [2.75, 3.05) is 11.1 Å². The molecule has 4 nitrogen and oxygen atoms in total. The number of thioether (sulfide) groups is 1. The molecule has 7 heteroatoms. The van der Waals surface area contributed by atoms with Crippen LogP contribution in [0.1, 0.15) is 0 Å². The molecule has 0 fully saturated rings. The summed E-state index contributed by atoms with van der Waals surface area (Å²) in [7, 11) is 0. The number of amides is 1. The van der Waals surface area contributed by atoms with Gasteiger partial charge < -0.3 is 9.73 Å². The second kappa shape index (κ2) is 8.92. The minimum Gasteiger partial charge on any atom is -0.431 e. The Morgan fingerprint density at radius 3 is 2.23 bits per heavy atom. The summed E-state index contributed by atoms with van der Waals surface area (Å²) in [6.07, 6.45) is 0. The second-order valence-electron chi connectivity index (χ2n) is 6.36. The zero-order valence-corrected chi connectivity index (χ0v) is 16.5. The molecule has 0 unspecified atom stereocenters. The van der Waals surface area contributed by atoms with Gasteiger partial charge >= 0.3 is 0 Å². The van der Waals surface area contributed by atoms with Crippen LogP contribution in [0.3, 0.4) is 0 Å². The van der Waals surface area contributed by atoms with Crippen LogP contribution in [0, 0.1) is 11.6 Å². The number of rotatable bonds is 6. The van der Waals surface area contributed by atoms with Crippen molar-refractivity contribution in [2.24, 2.45) is 0 Å². The Hall–Kier alpha value is -3.45. The first-order valence-corrected chi connectivity index (χ1v) is 10.1. The van der Waals surface area contributed by atoms with Crippen LogP contribution in [-0.4, -0.2) is 16.6 Å². The lowest BCUT2D eigenvalue weighted by atomic mass is 10.1. The van der Waals surface area contributed by atoms with Crippen molar-refractivity contribution in [1.29, 1.82) is 0 Å². The molecule has 1 heterocycles. The minimum atomic E-state index is -1.02. The van der Waals surface area contributed by atoms with Crippen molar-refractivity contribution in [3.05, 3.63) is 90.5 Å². The fraction of sp³-hybridized carbons (Fsp3) is 0.0435. The van der Waals surface area contributed by atoms with Crippen molar-refractivity contribution < 1.29 is 18.0 Å². The summed E-state index contributed by atoms with van der Waals surface area (Å²) in [6.45, 7) is 0. The van der Waals surface area contributed by atoms with E-state index in [1.807, 2.05) is 60.7 Å². The first-order valence-electron chi connectivity index (χ1n) is 9.09. The van der Waals surface area contributed by atoms with Crippen molar-refractivity contribution >= 4 is 23.4 Å². The van der Waals surface area contributed by atoms with Gasteiger partial charge in [-0.25, -0.2) is 13.8 Å². The summed E-state index contributed by atoms with van der Waals surface area (Å²) in [6, 6.07) is 22.4. The number of oxazole rings is 1. The van der Waals surface area contributed by atoms with E-state index in [0.717, 1.165) is 35.0 Å². The zero-order chi connectivity index (χ0) is 20.9. The maximum absolute atomic E-state index is 13.3. The molecule has 4 rings (SSSR count). The maximum Gasteiger partial charge on any atom is 0.257 e. The molecule has 1 aromatic heterocycles. The molecule has 0 aliphatic carbocycles. The molecule has 1 N–H and O–H groups in total. The molecule has 30 heavy (non-hydrogen) atoms. The van der Waals surface area contributed by atoms with Gasteiger partial charge in [-0.2, -0.15) is 0 Å². The van der Waals surface area contributed by atoms with E-state index in [1.54, 1.807) is 0 Å². The fourth-order valence-electron chi connectivity index (χ4n) is 2.84. The van der Waals surface area contributed by atoms with Gasteiger partial charge in [0, 0.05) is 22.9 Å². The van der Waals surface area contributed by atoms with Gasteiger partial charge in [-0.3, -0.25) is 4.79 Å². The SMILES string of the molecule is O=C(CSc1nc(-c2ccccc2)c(-c2ccccc2)o1)Nc1ccc(F)c(F)c1. The lowest BCUT2D eigenvalue weighted by Gasteiger charge is -2.04. The standard InChI is InChI=1S/C23H16F2N2O2S/c24-18-12-11-17(13-19(18)25)26-20(28)14-30-23-27-21(15-7-3-1-4-8-15)22(29-23)16-9-5-2-6-10-16/h1-13H,14H2,(H,26,28). The largest absolute Gasteiger partial charge is 0.431 e. The molecule has 0 atom stereocenters. The smallest absolute Gasteiger partial charge is 0.257 e. The highest BCUT2D eigenvalue weighted by atomic mass is 32.2. The average Bonchev–Trinajstić information content (AvgIpc) is 3.21. The lowest BCUT2D eigenvalue weighted by Crippen LogP contribution is -2.14. The summed E-state index contributed by atoms with van der Waals surface area (Å²) in [5, 5.41) is 2.87. The summed E-state index contributed by atoms with van der Waals surface area (Å²) < 4.78 is 32.3. The number of aromatic nitrogens is 1. The van der Waals surface area contributed by atoms with E-state index in [0.29, 0.717) is 16.7 Å². The molecule has 0 saturated carbocycles. The van der Waals surface area contributed by atoms with Gasteiger partial charge in [0.05, 0.1) is 5.75 Å². The lowest BCUT2D eigenvalue weighted by molar-refractivity contribution is -0.113. The third kappa shape index (κ3) is 4.58. The molecule has 0 bridgehead atoms. The van der Waals surface area contributed by atoms with E-state index in [-0.39, 0.29) is 17.3 Å². The Labute approximate surface area is 176 Å². The van der Waals surface area contributed by atoms with E-state index >= 15 is 0 Å². The second-order valence-corrected chi connectivity index (χ2v) is 7.28. The molecular formula is C23H16F2N2O2S. The Morgan fingerprint density at radius 2 is 1.57 bits per heavy atom. The molecule has 4 aromatic rings. The van der Waals surface area contributed by atoms with Crippen LogP contribution in [0.5, 0.6) is 0 Å². The number of carbonyl (C=O) groups excluding carboxylic acids is 1. The normalized spacial score (nSPS) is 10.7. The highest BCUT2D eigenvalue weighted by molar-refractivity contribution is 7.99. The predicted molar refractivity (Wildman–Crippen MR) is 113 cm³/mol. The number of benzene rings is 3. The van der Waals surface area contributed by atoms with E-state index < -0.39 is 11.6 Å². The summed E-state index contributed by atoms with van der Waals surface area (Å²) >= 11 is 1.12. The summed E-state index contributed by atoms with van der Waals surface area (Å²) in [4.78, 5) is 16.8. The Bertz CT molecular complexity index is 1110. The third-order valence-electron chi connectivity index (χ3n) is 4.22. The van der Waals surface area contributed by atoms with Crippen LogP contribution in [0.15, 0.2) is 88.5 Å². The summed E-state index contributed by atoms with van der Waals surface area (Å²) in [5.41, 5.74) is 2.65. The topological polar surface area (TPSA) is 55.1 Å². The molecule has 0 radical (unpaired) electrons. The number of hydrogen-bond acceptors (Lipinski definition) is 4. The Balaban J connectivity index is 1.52. The minimum absolute atomic E-state index is 0.00195. The number of nitrogens with one attached hydrogen (secondary N) is 1. The molecule has 0 aliphatic heterocycles. The monoisotopic (exact) mass is 422 g/mol. The first-order chi connectivity index (χ1) is 14.6. The Morgan fingerprint density at radius 1 is 0.900 bits per heavy atom. The molecule has 1 amide bonds. The molecule has 3 aromatic carbocycles. The zero-order valence-electron chi connectivity index (χ0n) is 15.6. The Kier molecular flexibility index (Phi) is 5.90. The van der Waals surface area contributed by atoms with Crippen molar-refractivity contribution in [3.8, 4) is 22.6 Å². The fourth-order valence-corrected chi connectivity index (χ4v) is 3.46. The van der Waals surface area contributed by atoms with E-state index in [1.165, 1.54) is 6.07 Å². The molecular weight excluding hydrogens is 406 g/mol. The van der Waals surface area contributed by atoms with Gasteiger partial charge in [0.15, 0.2) is 17.4 Å². The van der Waals surface area contributed by atoms with Gasteiger partial charge in [-0.15, -0.1) is 0 Å². The van der Waals surface area contributed by atoms with Gasteiger partial charge in [0.1, 0.15) is 5.69 Å². The first kappa shape index (κ1) is 19.8. The summed E-state index contributed by atoms with van der Waals surface area (Å²) in [5.74, 6) is -1.75. The van der Waals surface area contributed by atoms with E-state index in [2.05, 4.69) is 10.3 Å². The number of nitrogens with zero attached hydrogens (tertiary/aromatic N) is 1. The maximum atomic E-state index is 13.3.